The molecular weight excluding hydrogens is 323 g/mol. The largest absolute Gasteiger partial charge is 0.453 e. The SMILES string of the molecule is FC(F)(F)c1cccc(CNCc2ccc(Br)o2)c1. The van der Waals surface area contributed by atoms with Gasteiger partial charge in [0.2, 0.25) is 0 Å². The third kappa shape index (κ3) is 4.11. The van der Waals surface area contributed by atoms with Crippen molar-refractivity contribution >= 4 is 15.9 Å². The van der Waals surface area contributed by atoms with E-state index in [1.54, 1.807) is 18.2 Å². The van der Waals surface area contributed by atoms with E-state index in [1.165, 1.54) is 6.07 Å². The van der Waals surface area contributed by atoms with Crippen LogP contribution < -0.4 is 5.32 Å². The Kier molecular flexibility index (Phi) is 4.31. The maximum absolute atomic E-state index is 12.5. The summed E-state index contributed by atoms with van der Waals surface area (Å²) in [6.07, 6.45) is -4.30. The molecule has 0 bridgehead atoms. The smallest absolute Gasteiger partial charge is 0.416 e. The number of nitrogens with one attached hydrogen (secondary N) is 1. The summed E-state index contributed by atoms with van der Waals surface area (Å²) in [4.78, 5) is 0. The van der Waals surface area contributed by atoms with Crippen molar-refractivity contribution in [2.45, 2.75) is 19.3 Å². The van der Waals surface area contributed by atoms with Gasteiger partial charge >= 0.3 is 6.18 Å². The van der Waals surface area contributed by atoms with E-state index in [1.807, 2.05) is 0 Å². The predicted octanol–water partition coefficient (Wildman–Crippen LogP) is 4.35. The standard InChI is InChI=1S/C13H11BrF3NO/c14-12-5-4-11(19-12)8-18-7-9-2-1-3-10(6-9)13(15,16)17/h1-6,18H,7-8H2. The zero-order valence-electron chi connectivity index (χ0n) is 9.80. The van der Waals surface area contributed by atoms with Gasteiger partial charge in [0.1, 0.15) is 5.76 Å². The first-order chi connectivity index (χ1) is 8.95. The fourth-order valence-corrected chi connectivity index (χ4v) is 1.97. The molecule has 6 heteroatoms. The van der Waals surface area contributed by atoms with Crippen LogP contribution in [0.2, 0.25) is 0 Å². The predicted molar refractivity (Wildman–Crippen MR) is 68.4 cm³/mol. The second kappa shape index (κ2) is 5.79. The number of rotatable bonds is 4. The Balaban J connectivity index is 1.93. The van der Waals surface area contributed by atoms with Crippen LogP contribution in [0.25, 0.3) is 0 Å². The Hall–Kier alpha value is -1.27. The maximum atomic E-state index is 12.5. The van der Waals surface area contributed by atoms with Crippen LogP contribution in [-0.2, 0) is 19.3 Å². The van der Waals surface area contributed by atoms with Crippen molar-refractivity contribution < 1.29 is 17.6 Å². The molecule has 0 fully saturated rings. The minimum absolute atomic E-state index is 0.349. The monoisotopic (exact) mass is 333 g/mol. The lowest BCUT2D eigenvalue weighted by Gasteiger charge is -2.09. The summed E-state index contributed by atoms with van der Waals surface area (Å²) in [6.45, 7) is 0.810. The topological polar surface area (TPSA) is 25.2 Å². The van der Waals surface area contributed by atoms with Gasteiger partial charge in [-0.05, 0) is 39.7 Å². The first-order valence-corrected chi connectivity index (χ1v) is 6.35. The minimum atomic E-state index is -4.30. The molecule has 1 aromatic carbocycles. The highest BCUT2D eigenvalue weighted by Crippen LogP contribution is 2.29. The first-order valence-electron chi connectivity index (χ1n) is 5.56. The molecule has 102 valence electrons. The van der Waals surface area contributed by atoms with Crippen LogP contribution in [0.4, 0.5) is 13.2 Å². The van der Waals surface area contributed by atoms with Crippen molar-refractivity contribution in [2.75, 3.05) is 0 Å². The molecular formula is C13H11BrF3NO. The number of alkyl halides is 3. The fraction of sp³-hybridized carbons (Fsp3) is 0.231. The van der Waals surface area contributed by atoms with Crippen LogP contribution in [0.15, 0.2) is 45.5 Å². The zero-order valence-corrected chi connectivity index (χ0v) is 11.4. The van der Waals surface area contributed by atoms with Gasteiger partial charge in [0.15, 0.2) is 4.67 Å². The average Bonchev–Trinajstić information content (AvgIpc) is 2.74. The highest BCUT2D eigenvalue weighted by molar-refractivity contribution is 9.10. The summed E-state index contributed by atoms with van der Waals surface area (Å²) in [7, 11) is 0. The van der Waals surface area contributed by atoms with E-state index in [4.69, 9.17) is 4.42 Å². The van der Waals surface area contributed by atoms with Crippen molar-refractivity contribution in [3.63, 3.8) is 0 Å². The van der Waals surface area contributed by atoms with Crippen LogP contribution in [0, 0.1) is 0 Å². The zero-order chi connectivity index (χ0) is 13.9. The van der Waals surface area contributed by atoms with Crippen molar-refractivity contribution in [1.29, 1.82) is 0 Å². The molecule has 0 unspecified atom stereocenters. The molecule has 0 spiro atoms. The fourth-order valence-electron chi connectivity index (χ4n) is 1.63. The van der Waals surface area contributed by atoms with Crippen molar-refractivity contribution in [3.8, 4) is 0 Å². The average molecular weight is 334 g/mol. The van der Waals surface area contributed by atoms with E-state index >= 15 is 0 Å². The Morgan fingerprint density at radius 3 is 2.53 bits per heavy atom. The molecule has 0 amide bonds. The Morgan fingerprint density at radius 2 is 1.89 bits per heavy atom. The first kappa shape index (κ1) is 14.1. The lowest BCUT2D eigenvalue weighted by Crippen LogP contribution is -2.13. The molecule has 0 saturated carbocycles. The van der Waals surface area contributed by atoms with E-state index in [0.29, 0.717) is 23.3 Å². The lowest BCUT2D eigenvalue weighted by molar-refractivity contribution is -0.137. The molecule has 1 N–H and O–H groups in total. The highest BCUT2D eigenvalue weighted by Gasteiger charge is 2.30. The molecule has 0 aliphatic heterocycles. The minimum Gasteiger partial charge on any atom is -0.453 e. The van der Waals surface area contributed by atoms with Crippen molar-refractivity contribution in [3.05, 3.63) is 58.0 Å². The Morgan fingerprint density at radius 1 is 1.11 bits per heavy atom. The molecule has 0 radical (unpaired) electrons. The van der Waals surface area contributed by atoms with Crippen LogP contribution in [-0.4, -0.2) is 0 Å². The third-order valence-corrected chi connectivity index (χ3v) is 2.94. The molecule has 2 aromatic rings. The van der Waals surface area contributed by atoms with Gasteiger partial charge in [0, 0.05) is 6.54 Å². The normalized spacial score (nSPS) is 11.8. The summed E-state index contributed by atoms with van der Waals surface area (Å²) in [5, 5.41) is 3.03. The van der Waals surface area contributed by atoms with Gasteiger partial charge in [-0.3, -0.25) is 0 Å². The van der Waals surface area contributed by atoms with Crippen molar-refractivity contribution in [1.82, 2.24) is 5.32 Å². The van der Waals surface area contributed by atoms with E-state index in [-0.39, 0.29) is 0 Å². The Labute approximate surface area is 116 Å². The van der Waals surface area contributed by atoms with E-state index in [2.05, 4.69) is 21.2 Å². The Bertz CT molecular complexity index is 551. The summed E-state index contributed by atoms with van der Waals surface area (Å²) >= 11 is 3.18. The highest BCUT2D eigenvalue weighted by atomic mass is 79.9. The molecule has 0 aliphatic carbocycles. The number of benzene rings is 1. The lowest BCUT2D eigenvalue weighted by atomic mass is 10.1. The molecule has 19 heavy (non-hydrogen) atoms. The molecule has 1 heterocycles. The quantitative estimate of drug-likeness (QED) is 0.899. The number of halogens is 4. The maximum Gasteiger partial charge on any atom is 0.416 e. The molecule has 2 rings (SSSR count). The van der Waals surface area contributed by atoms with E-state index < -0.39 is 11.7 Å². The number of hydrogen-bond acceptors (Lipinski definition) is 2. The van der Waals surface area contributed by atoms with Crippen molar-refractivity contribution in [2.24, 2.45) is 0 Å². The van der Waals surface area contributed by atoms with E-state index in [0.717, 1.165) is 17.9 Å². The summed E-state index contributed by atoms with van der Waals surface area (Å²) in [6, 6.07) is 8.83. The van der Waals surface area contributed by atoms with Crippen LogP contribution >= 0.6 is 15.9 Å². The second-order valence-electron chi connectivity index (χ2n) is 4.01. The van der Waals surface area contributed by atoms with Gasteiger partial charge < -0.3 is 9.73 Å². The summed E-state index contributed by atoms with van der Waals surface area (Å²) < 4.78 is 43.5. The third-order valence-electron chi connectivity index (χ3n) is 2.51. The summed E-state index contributed by atoms with van der Waals surface area (Å²) in [5.41, 5.74) is -0.0482. The van der Waals surface area contributed by atoms with Gasteiger partial charge in [0.05, 0.1) is 12.1 Å². The van der Waals surface area contributed by atoms with Crippen LogP contribution in [0.3, 0.4) is 0 Å². The van der Waals surface area contributed by atoms with Gasteiger partial charge in [-0.1, -0.05) is 18.2 Å². The van der Waals surface area contributed by atoms with E-state index in [9.17, 15) is 13.2 Å². The van der Waals surface area contributed by atoms with Crippen LogP contribution in [0.1, 0.15) is 16.9 Å². The summed E-state index contributed by atoms with van der Waals surface area (Å²) in [5.74, 6) is 0.721. The molecule has 0 atom stereocenters. The van der Waals surface area contributed by atoms with Gasteiger partial charge in [-0.2, -0.15) is 13.2 Å². The van der Waals surface area contributed by atoms with Crippen LogP contribution in [0.5, 0.6) is 0 Å². The van der Waals surface area contributed by atoms with Gasteiger partial charge in [0.25, 0.3) is 0 Å². The molecule has 0 aliphatic rings. The number of furan rings is 1. The van der Waals surface area contributed by atoms with Gasteiger partial charge in [-0.25, -0.2) is 0 Å². The molecule has 0 saturated heterocycles. The second-order valence-corrected chi connectivity index (χ2v) is 4.79. The molecule has 1 aromatic heterocycles. The molecule has 2 nitrogen and oxygen atoms in total. The number of hydrogen-bond donors (Lipinski definition) is 1. The van der Waals surface area contributed by atoms with Gasteiger partial charge in [-0.15, -0.1) is 0 Å².